The van der Waals surface area contributed by atoms with Crippen LogP contribution in [-0.2, 0) is 9.84 Å². The summed E-state index contributed by atoms with van der Waals surface area (Å²) in [6.07, 6.45) is 6.52. The first-order valence-corrected chi connectivity index (χ1v) is 8.15. The fraction of sp³-hybridized carbons (Fsp3) is 0.333. The maximum atomic E-state index is 11.6. The van der Waals surface area contributed by atoms with E-state index in [0.29, 0.717) is 4.91 Å². The van der Waals surface area contributed by atoms with Gasteiger partial charge in [-0.3, -0.25) is 0 Å². The molecule has 0 radical (unpaired) electrons. The number of allylic oxidation sites excluding steroid dienone is 3. The smallest absolute Gasteiger partial charge is 0.175 e. The van der Waals surface area contributed by atoms with Gasteiger partial charge in [-0.1, -0.05) is 18.2 Å². The van der Waals surface area contributed by atoms with Crippen molar-refractivity contribution < 1.29 is 8.42 Å². The van der Waals surface area contributed by atoms with E-state index < -0.39 is 9.84 Å². The van der Waals surface area contributed by atoms with Gasteiger partial charge in [-0.25, -0.2) is 8.42 Å². The number of sulfone groups is 1. The molecule has 0 heterocycles. The Bertz CT molecular complexity index is 623. The van der Waals surface area contributed by atoms with Crippen LogP contribution >= 0.6 is 0 Å². The maximum Gasteiger partial charge on any atom is 0.175 e. The molecule has 19 heavy (non-hydrogen) atoms. The number of benzene rings is 1. The van der Waals surface area contributed by atoms with E-state index in [0.717, 1.165) is 29.7 Å². The highest BCUT2D eigenvalue weighted by Gasteiger charge is 2.14. The van der Waals surface area contributed by atoms with Crippen LogP contribution in [0.2, 0.25) is 0 Å². The molecule has 0 saturated carbocycles. The third-order valence-corrected chi connectivity index (χ3v) is 4.40. The van der Waals surface area contributed by atoms with Gasteiger partial charge in [0, 0.05) is 26.0 Å². The van der Waals surface area contributed by atoms with Gasteiger partial charge in [0.05, 0.1) is 4.91 Å². The molecule has 1 aliphatic rings. The lowest BCUT2D eigenvalue weighted by molar-refractivity contribution is 0.608. The minimum Gasteiger partial charge on any atom is -0.378 e. The predicted molar refractivity (Wildman–Crippen MR) is 80.9 cm³/mol. The van der Waals surface area contributed by atoms with Crippen molar-refractivity contribution in [2.75, 3.05) is 25.3 Å². The second-order valence-corrected chi connectivity index (χ2v) is 7.04. The Morgan fingerprint density at radius 1 is 1.11 bits per heavy atom. The van der Waals surface area contributed by atoms with Gasteiger partial charge in [-0.15, -0.1) is 0 Å². The number of hydrogen-bond donors (Lipinski definition) is 0. The minimum absolute atomic E-state index is 0.436. The van der Waals surface area contributed by atoms with Crippen molar-refractivity contribution in [2.24, 2.45) is 0 Å². The normalized spacial score (nSPS) is 15.7. The molecule has 0 fully saturated rings. The SMILES string of the molecule is CN(C)c1ccc(C2=CC(S(C)(=O)=O)=CCC2)cc1. The van der Waals surface area contributed by atoms with Gasteiger partial charge in [0.25, 0.3) is 0 Å². The maximum absolute atomic E-state index is 11.6. The van der Waals surface area contributed by atoms with Gasteiger partial charge in [0.15, 0.2) is 9.84 Å². The largest absolute Gasteiger partial charge is 0.378 e. The molecule has 0 aliphatic heterocycles. The average molecular weight is 277 g/mol. The molecule has 0 aromatic heterocycles. The first-order chi connectivity index (χ1) is 8.88. The van der Waals surface area contributed by atoms with E-state index in [9.17, 15) is 8.42 Å². The van der Waals surface area contributed by atoms with Gasteiger partial charge in [-0.05, 0) is 42.2 Å². The van der Waals surface area contributed by atoms with Crippen molar-refractivity contribution in [3.63, 3.8) is 0 Å². The Labute approximate surface area is 115 Å². The van der Waals surface area contributed by atoms with Crippen molar-refractivity contribution in [1.29, 1.82) is 0 Å². The molecule has 0 unspecified atom stereocenters. The average Bonchev–Trinajstić information content (AvgIpc) is 2.38. The summed E-state index contributed by atoms with van der Waals surface area (Å²) in [5, 5.41) is 0. The molecule has 1 aliphatic carbocycles. The van der Waals surface area contributed by atoms with Crippen LogP contribution in [0.5, 0.6) is 0 Å². The molecular weight excluding hydrogens is 258 g/mol. The molecule has 0 amide bonds. The molecule has 0 N–H and O–H groups in total. The molecule has 2 rings (SSSR count). The van der Waals surface area contributed by atoms with Crippen molar-refractivity contribution >= 4 is 21.1 Å². The van der Waals surface area contributed by atoms with Crippen LogP contribution in [0.15, 0.2) is 41.3 Å². The zero-order valence-electron chi connectivity index (χ0n) is 11.6. The minimum atomic E-state index is -3.11. The summed E-state index contributed by atoms with van der Waals surface area (Å²) in [7, 11) is 0.887. The molecule has 4 heteroatoms. The van der Waals surface area contributed by atoms with Crippen LogP contribution in [0, 0.1) is 0 Å². The van der Waals surface area contributed by atoms with Gasteiger partial charge in [-0.2, -0.15) is 0 Å². The van der Waals surface area contributed by atoms with Crippen molar-refractivity contribution in [3.05, 3.63) is 46.9 Å². The number of hydrogen-bond acceptors (Lipinski definition) is 3. The van der Waals surface area contributed by atoms with Crippen LogP contribution in [0.3, 0.4) is 0 Å². The lowest BCUT2D eigenvalue weighted by Crippen LogP contribution is -2.08. The van der Waals surface area contributed by atoms with Crippen molar-refractivity contribution in [3.8, 4) is 0 Å². The van der Waals surface area contributed by atoms with Crippen LogP contribution < -0.4 is 4.90 Å². The summed E-state index contributed by atoms with van der Waals surface area (Å²) in [6.45, 7) is 0. The van der Waals surface area contributed by atoms with Crippen LogP contribution in [-0.4, -0.2) is 28.8 Å². The highest BCUT2D eigenvalue weighted by Crippen LogP contribution is 2.29. The van der Waals surface area contributed by atoms with E-state index in [1.54, 1.807) is 12.2 Å². The summed E-state index contributed by atoms with van der Waals surface area (Å²) in [5.41, 5.74) is 3.33. The molecule has 0 bridgehead atoms. The topological polar surface area (TPSA) is 37.4 Å². The molecule has 102 valence electrons. The van der Waals surface area contributed by atoms with Crippen LogP contribution in [0.1, 0.15) is 18.4 Å². The standard InChI is InChI=1S/C15H19NO2S/c1-16(2)14-9-7-12(8-10-14)13-5-4-6-15(11-13)19(3,17)18/h6-11H,4-5H2,1-3H3. The van der Waals surface area contributed by atoms with Crippen molar-refractivity contribution in [2.45, 2.75) is 12.8 Å². The summed E-state index contributed by atoms with van der Waals surface area (Å²) >= 11 is 0. The molecule has 1 aromatic rings. The number of anilines is 1. The van der Waals surface area contributed by atoms with Gasteiger partial charge >= 0.3 is 0 Å². The molecule has 1 aromatic carbocycles. The monoisotopic (exact) mass is 277 g/mol. The second kappa shape index (κ2) is 5.21. The Morgan fingerprint density at radius 3 is 2.26 bits per heavy atom. The zero-order valence-corrected chi connectivity index (χ0v) is 12.4. The Kier molecular flexibility index (Phi) is 3.80. The molecule has 0 spiro atoms. The summed E-state index contributed by atoms with van der Waals surface area (Å²) in [4.78, 5) is 2.48. The lowest BCUT2D eigenvalue weighted by Gasteiger charge is -2.16. The van der Waals surface area contributed by atoms with Gasteiger partial charge in [0.2, 0.25) is 0 Å². The van der Waals surface area contributed by atoms with E-state index in [2.05, 4.69) is 12.1 Å². The number of rotatable bonds is 3. The lowest BCUT2D eigenvalue weighted by atomic mass is 9.97. The van der Waals surface area contributed by atoms with E-state index in [4.69, 9.17) is 0 Å². The number of nitrogens with zero attached hydrogens (tertiary/aromatic N) is 1. The van der Waals surface area contributed by atoms with E-state index in [1.807, 2.05) is 31.1 Å². The Balaban J connectivity index is 2.32. The first kappa shape index (κ1) is 13.9. The third-order valence-electron chi connectivity index (χ3n) is 3.26. The zero-order chi connectivity index (χ0) is 14.0. The second-order valence-electron chi connectivity index (χ2n) is 5.03. The Hall–Kier alpha value is -1.55. The molecule has 0 atom stereocenters. The highest BCUT2D eigenvalue weighted by molar-refractivity contribution is 7.94. The molecule has 0 saturated heterocycles. The summed E-state index contributed by atoms with van der Waals surface area (Å²) < 4.78 is 23.2. The molecular formula is C15H19NO2S. The fourth-order valence-corrected chi connectivity index (χ4v) is 2.91. The first-order valence-electron chi connectivity index (χ1n) is 6.26. The van der Waals surface area contributed by atoms with Gasteiger partial charge < -0.3 is 4.90 Å². The van der Waals surface area contributed by atoms with E-state index in [-0.39, 0.29) is 0 Å². The van der Waals surface area contributed by atoms with Crippen molar-refractivity contribution in [1.82, 2.24) is 0 Å². The fourth-order valence-electron chi connectivity index (χ4n) is 2.13. The van der Waals surface area contributed by atoms with Gasteiger partial charge in [0.1, 0.15) is 0 Å². The quantitative estimate of drug-likeness (QED) is 0.852. The third kappa shape index (κ3) is 3.26. The summed E-state index contributed by atoms with van der Waals surface area (Å²) in [6, 6.07) is 8.20. The van der Waals surface area contributed by atoms with E-state index in [1.165, 1.54) is 6.26 Å². The Morgan fingerprint density at radius 2 is 1.74 bits per heavy atom. The summed E-state index contributed by atoms with van der Waals surface area (Å²) in [5.74, 6) is 0. The highest BCUT2D eigenvalue weighted by atomic mass is 32.2. The molecule has 3 nitrogen and oxygen atoms in total. The van der Waals surface area contributed by atoms with E-state index >= 15 is 0 Å². The predicted octanol–water partition coefficient (Wildman–Crippen LogP) is 2.86. The van der Waals surface area contributed by atoms with Crippen LogP contribution in [0.25, 0.3) is 5.57 Å². The van der Waals surface area contributed by atoms with Crippen LogP contribution in [0.4, 0.5) is 5.69 Å².